The van der Waals surface area contributed by atoms with Crippen LogP contribution >= 0.6 is 7.79 Å². The van der Waals surface area contributed by atoms with E-state index in [2.05, 4.69) is 106 Å². The molecule has 5 nitrogen and oxygen atoms in total. The summed E-state index contributed by atoms with van der Waals surface area (Å²) in [5, 5.41) is 4.75. The predicted octanol–water partition coefficient (Wildman–Crippen LogP) is 4.89. The van der Waals surface area contributed by atoms with E-state index >= 15 is 4.89 Å². The van der Waals surface area contributed by atoms with E-state index in [1.54, 1.807) is 0 Å². The summed E-state index contributed by atoms with van der Waals surface area (Å²) in [5.41, 5.74) is 2.51. The molecule has 34 heavy (non-hydrogen) atoms. The molecule has 6 heteroatoms. The fourth-order valence-electron chi connectivity index (χ4n) is 6.30. The summed E-state index contributed by atoms with van der Waals surface area (Å²) in [4.78, 5) is 15.8. The lowest BCUT2D eigenvalue weighted by atomic mass is 9.90. The Kier molecular flexibility index (Phi) is 7.50. The first-order chi connectivity index (χ1) is 16.7. The second kappa shape index (κ2) is 10.6. The standard InChI is InChI=1S/C28H39N4OP/c1-3-29-21-13-20-28(30(29)4-2)34(33)31(22-24-14-7-5-8-15-24)26-18-11-12-19-27(26)32(34)23-25-16-9-6-10-17-25/h5-10,13-17,20,26-28H,3-4,11-12,18-19,21-23H2,1-2H3/t26-,27-,28+/m1/s1. The number of nitrogens with zero attached hydrogens (tertiary/aromatic N) is 4. The minimum atomic E-state index is -2.96. The molecule has 182 valence electrons. The van der Waals surface area contributed by atoms with Gasteiger partial charge in [0.05, 0.1) is 25.2 Å². The zero-order valence-electron chi connectivity index (χ0n) is 20.7. The third kappa shape index (κ3) is 4.39. The van der Waals surface area contributed by atoms with Crippen LogP contribution in [0.15, 0.2) is 72.8 Å². The highest BCUT2D eigenvalue weighted by Crippen LogP contribution is 2.71. The zero-order chi connectivity index (χ0) is 23.5. The van der Waals surface area contributed by atoms with Crippen LogP contribution in [0.3, 0.4) is 0 Å². The normalized spacial score (nSPS) is 28.3. The van der Waals surface area contributed by atoms with E-state index in [0.29, 0.717) is 12.1 Å². The number of likely N-dealkylation sites (N-methyl/N-ethyl adjacent to an activating group) is 2. The van der Waals surface area contributed by atoms with Crippen LogP contribution in [0.1, 0.15) is 50.7 Å². The molecule has 1 saturated heterocycles. The van der Waals surface area contributed by atoms with Crippen LogP contribution in [0.2, 0.25) is 0 Å². The summed E-state index contributed by atoms with van der Waals surface area (Å²) in [6.07, 6.45) is 9.21. The van der Waals surface area contributed by atoms with Gasteiger partial charge >= 0.3 is 0 Å². The number of hydrogen-bond donors (Lipinski definition) is 0. The largest absolute Gasteiger partial charge is 0.649 e. The summed E-state index contributed by atoms with van der Waals surface area (Å²) in [7, 11) is -2.96. The third-order valence-corrected chi connectivity index (χ3v) is 11.4. The number of hydrogen-bond acceptors (Lipinski definition) is 5. The van der Waals surface area contributed by atoms with Crippen LogP contribution in [0.25, 0.3) is 0 Å². The zero-order valence-corrected chi connectivity index (χ0v) is 21.6. The Morgan fingerprint density at radius 3 is 1.79 bits per heavy atom. The van der Waals surface area contributed by atoms with Crippen molar-refractivity contribution in [1.82, 2.24) is 19.4 Å². The first kappa shape index (κ1) is 24.1. The molecule has 2 heterocycles. The van der Waals surface area contributed by atoms with Gasteiger partial charge in [-0.25, -0.2) is 5.01 Å². The molecule has 0 radical (unpaired) electrons. The quantitative estimate of drug-likeness (QED) is 0.418. The molecule has 2 aromatic carbocycles. The number of rotatable bonds is 7. The van der Waals surface area contributed by atoms with Gasteiger partial charge in [-0.15, -0.1) is 0 Å². The monoisotopic (exact) mass is 478 g/mol. The fraction of sp³-hybridized carbons (Fsp3) is 0.500. The summed E-state index contributed by atoms with van der Waals surface area (Å²) < 4.78 is 4.90. The Hall–Kier alpha value is -1.59. The maximum atomic E-state index is 15.8. The second-order valence-corrected chi connectivity index (χ2v) is 12.5. The molecular formula is C28H39N4OP. The third-order valence-electron chi connectivity index (χ3n) is 7.90. The van der Waals surface area contributed by atoms with E-state index in [4.69, 9.17) is 0 Å². The van der Waals surface area contributed by atoms with Gasteiger partial charge in [0.15, 0.2) is 5.78 Å². The summed E-state index contributed by atoms with van der Waals surface area (Å²) in [6, 6.07) is 22.0. The van der Waals surface area contributed by atoms with Crippen molar-refractivity contribution in [2.45, 2.75) is 70.5 Å². The minimum Gasteiger partial charge on any atom is -0.649 e. The molecule has 0 bridgehead atoms. The number of fused-ring (bicyclic) bond motifs is 1. The van der Waals surface area contributed by atoms with Crippen LogP contribution in [0, 0.1) is 0 Å². The van der Waals surface area contributed by atoms with Crippen LogP contribution in [0.4, 0.5) is 0 Å². The van der Waals surface area contributed by atoms with Crippen molar-refractivity contribution in [1.29, 1.82) is 0 Å². The number of hydrazine groups is 1. The van der Waals surface area contributed by atoms with Crippen molar-refractivity contribution in [2.24, 2.45) is 0 Å². The van der Waals surface area contributed by atoms with E-state index < -0.39 is 7.79 Å². The van der Waals surface area contributed by atoms with Gasteiger partial charge in [-0.1, -0.05) is 93.4 Å². The van der Waals surface area contributed by atoms with Crippen molar-refractivity contribution in [2.75, 3.05) is 19.6 Å². The highest BCUT2D eigenvalue weighted by atomic mass is 31.2. The van der Waals surface area contributed by atoms with Crippen molar-refractivity contribution in [3.63, 3.8) is 0 Å². The Morgan fingerprint density at radius 2 is 1.32 bits per heavy atom. The minimum absolute atomic E-state index is 0.121. The second-order valence-electron chi connectivity index (χ2n) is 9.78. The Balaban J connectivity index is 1.60. The van der Waals surface area contributed by atoms with Gasteiger partial charge in [-0.3, -0.25) is 0 Å². The molecule has 0 spiro atoms. The fourth-order valence-corrected chi connectivity index (χ4v) is 10.3. The smallest absolute Gasteiger partial charge is 0.180 e. The molecule has 2 fully saturated rings. The molecule has 2 aromatic rings. The van der Waals surface area contributed by atoms with Crippen molar-refractivity contribution >= 4 is 7.79 Å². The van der Waals surface area contributed by atoms with Gasteiger partial charge in [-0.2, -0.15) is 14.3 Å². The lowest BCUT2D eigenvalue weighted by Crippen LogP contribution is -2.56. The van der Waals surface area contributed by atoms with Gasteiger partial charge in [0.1, 0.15) is 7.79 Å². The van der Waals surface area contributed by atoms with Crippen molar-refractivity contribution < 1.29 is 4.89 Å². The van der Waals surface area contributed by atoms with E-state index in [0.717, 1.165) is 45.6 Å². The molecule has 2 aliphatic heterocycles. The molecule has 0 N–H and O–H groups in total. The summed E-state index contributed by atoms with van der Waals surface area (Å²) in [5.74, 6) is -0.121. The molecule has 3 aliphatic rings. The Morgan fingerprint density at radius 1 is 0.794 bits per heavy atom. The Labute approximate surface area is 206 Å². The predicted molar refractivity (Wildman–Crippen MR) is 139 cm³/mol. The molecule has 3 atom stereocenters. The molecular weight excluding hydrogens is 439 g/mol. The first-order valence-corrected chi connectivity index (χ1v) is 14.7. The van der Waals surface area contributed by atoms with Crippen LogP contribution < -0.4 is 4.89 Å². The van der Waals surface area contributed by atoms with Gasteiger partial charge < -0.3 is 4.89 Å². The SMILES string of the molecule is CCN1CC=C[C@H]([P+]2([O-])N(Cc3ccccc3)[C@@H]3CCCC[C@H]3N2Cc2ccccc2)N1CC. The maximum Gasteiger partial charge on any atom is 0.180 e. The molecule has 0 aromatic heterocycles. The molecule has 1 saturated carbocycles. The Bertz CT molecular complexity index is 898. The molecule has 5 rings (SSSR count). The summed E-state index contributed by atoms with van der Waals surface area (Å²) in [6.45, 7) is 8.58. The maximum absolute atomic E-state index is 15.8. The molecule has 0 unspecified atom stereocenters. The first-order valence-electron chi connectivity index (χ1n) is 13.1. The van der Waals surface area contributed by atoms with Crippen LogP contribution in [-0.4, -0.2) is 56.9 Å². The lowest BCUT2D eigenvalue weighted by molar-refractivity contribution is -0.202. The van der Waals surface area contributed by atoms with E-state index in [-0.39, 0.29) is 5.78 Å². The van der Waals surface area contributed by atoms with Crippen LogP contribution in [0.5, 0.6) is 0 Å². The van der Waals surface area contributed by atoms with Gasteiger partial charge in [0.2, 0.25) is 0 Å². The average molecular weight is 479 g/mol. The number of benzene rings is 2. The topological polar surface area (TPSA) is 36.0 Å². The van der Waals surface area contributed by atoms with Crippen molar-refractivity contribution in [3.8, 4) is 0 Å². The van der Waals surface area contributed by atoms with Gasteiger partial charge in [0.25, 0.3) is 0 Å². The summed E-state index contributed by atoms with van der Waals surface area (Å²) >= 11 is 0. The van der Waals surface area contributed by atoms with Gasteiger partial charge in [-0.05, 0) is 30.0 Å². The van der Waals surface area contributed by atoms with Gasteiger partial charge in [0, 0.05) is 19.6 Å². The van der Waals surface area contributed by atoms with E-state index in [9.17, 15) is 0 Å². The highest BCUT2D eigenvalue weighted by Gasteiger charge is 2.63. The molecule has 0 amide bonds. The van der Waals surface area contributed by atoms with E-state index in [1.165, 1.54) is 24.0 Å². The molecule has 1 aliphatic carbocycles. The van der Waals surface area contributed by atoms with Crippen LogP contribution in [-0.2, 0) is 13.1 Å². The van der Waals surface area contributed by atoms with E-state index in [1.807, 2.05) is 0 Å². The highest BCUT2D eigenvalue weighted by molar-refractivity contribution is 7.65. The van der Waals surface area contributed by atoms with Crippen molar-refractivity contribution in [3.05, 3.63) is 83.9 Å². The average Bonchev–Trinajstić information content (AvgIpc) is 3.13. The lowest BCUT2D eigenvalue weighted by Gasteiger charge is -2.51.